The highest BCUT2D eigenvalue weighted by Crippen LogP contribution is 2.26. The number of imidazole rings is 1. The molecule has 1 rings (SSSR count). The van der Waals surface area contributed by atoms with Crippen molar-refractivity contribution >= 4 is 15.3 Å². The molecule has 0 spiro atoms. The van der Waals surface area contributed by atoms with Gasteiger partial charge in [-0.05, 0) is 32.4 Å². The van der Waals surface area contributed by atoms with E-state index in [0.29, 0.717) is 5.66 Å². The van der Waals surface area contributed by atoms with E-state index in [1.54, 1.807) is 6.08 Å². The van der Waals surface area contributed by atoms with Crippen LogP contribution in [0.15, 0.2) is 6.58 Å². The highest BCUT2D eigenvalue weighted by molar-refractivity contribution is 7.17. The van der Waals surface area contributed by atoms with E-state index < -0.39 is 0 Å². The first kappa shape index (κ1) is 11.4. The van der Waals surface area contributed by atoms with Crippen LogP contribution in [0.4, 0.5) is 0 Å². The molecule has 0 aliphatic rings. The Kier molecular flexibility index (Phi) is 4.30. The number of hydrogen-bond acceptors (Lipinski definition) is 2. The van der Waals surface area contributed by atoms with E-state index in [0.717, 1.165) is 36.6 Å². The lowest BCUT2D eigenvalue weighted by molar-refractivity contribution is 0.708. The van der Waals surface area contributed by atoms with Crippen molar-refractivity contribution in [1.29, 1.82) is 0 Å². The summed E-state index contributed by atoms with van der Waals surface area (Å²) in [7, 11) is 2.80. The van der Waals surface area contributed by atoms with E-state index in [-0.39, 0.29) is 0 Å². The summed E-state index contributed by atoms with van der Waals surface area (Å²) in [5.41, 5.74) is 7.85. The van der Waals surface area contributed by atoms with Crippen molar-refractivity contribution in [3.63, 3.8) is 0 Å². The summed E-state index contributed by atoms with van der Waals surface area (Å²) in [6.07, 6.45) is 3.84. The molecule has 3 nitrogen and oxygen atoms in total. The average molecular weight is 211 g/mol. The fourth-order valence-electron chi connectivity index (χ4n) is 1.35. The van der Waals surface area contributed by atoms with E-state index >= 15 is 0 Å². The van der Waals surface area contributed by atoms with Crippen molar-refractivity contribution in [2.24, 2.45) is 5.73 Å². The molecule has 0 amide bonds. The summed E-state index contributed by atoms with van der Waals surface area (Å²) in [6.45, 7) is 6.46. The Hall–Kier alpha value is -0.660. The lowest BCUT2D eigenvalue weighted by atomic mass is 10.2. The summed E-state index contributed by atoms with van der Waals surface area (Å²) in [4.78, 5) is 7.71. The molecule has 0 radical (unpaired) electrons. The number of nitrogens with zero attached hydrogens (tertiary/aromatic N) is 1. The Morgan fingerprint density at radius 2 is 2.43 bits per heavy atom. The first-order valence-electron chi connectivity index (χ1n) is 4.83. The summed E-state index contributed by atoms with van der Waals surface area (Å²) in [5.74, 6) is 1.01. The first-order valence-corrected chi connectivity index (χ1v) is 5.50. The van der Waals surface area contributed by atoms with Crippen LogP contribution >= 0.6 is 9.24 Å². The van der Waals surface area contributed by atoms with E-state index in [1.807, 2.05) is 6.92 Å². The van der Waals surface area contributed by atoms with Gasteiger partial charge in [-0.2, -0.15) is 0 Å². The fourth-order valence-corrected chi connectivity index (χ4v) is 1.74. The third-order valence-electron chi connectivity index (χ3n) is 2.20. The second-order valence-electron chi connectivity index (χ2n) is 3.37. The number of nitrogens with one attached hydrogen (secondary N) is 1. The van der Waals surface area contributed by atoms with Crippen molar-refractivity contribution in [2.45, 2.75) is 25.4 Å². The molecule has 78 valence electrons. The minimum atomic E-state index is 0.367. The maximum absolute atomic E-state index is 5.46. The van der Waals surface area contributed by atoms with Crippen LogP contribution in [0.3, 0.4) is 0 Å². The molecule has 0 aromatic carbocycles. The van der Waals surface area contributed by atoms with Gasteiger partial charge in [0.1, 0.15) is 5.82 Å². The molecule has 0 aliphatic heterocycles. The van der Waals surface area contributed by atoms with Gasteiger partial charge in [-0.25, -0.2) is 4.98 Å². The molecule has 3 N–H and O–H groups in total. The van der Waals surface area contributed by atoms with Gasteiger partial charge in [-0.1, -0.05) is 6.58 Å². The average Bonchev–Trinajstić information content (AvgIpc) is 2.56. The van der Waals surface area contributed by atoms with Crippen molar-refractivity contribution in [3.8, 4) is 0 Å². The van der Waals surface area contributed by atoms with Crippen molar-refractivity contribution in [2.75, 3.05) is 6.54 Å². The van der Waals surface area contributed by atoms with Crippen LogP contribution in [0.5, 0.6) is 0 Å². The molecular formula is C10H18N3P. The van der Waals surface area contributed by atoms with Crippen LogP contribution in [-0.2, 0) is 0 Å². The summed E-state index contributed by atoms with van der Waals surface area (Å²) in [5, 5.41) is 0. The van der Waals surface area contributed by atoms with Gasteiger partial charge in [0.05, 0.1) is 5.69 Å². The number of aryl methyl sites for hydroxylation is 1. The Balaban J connectivity index is 2.70. The molecule has 0 saturated heterocycles. The summed E-state index contributed by atoms with van der Waals surface area (Å²) < 4.78 is 0. The zero-order chi connectivity index (χ0) is 10.6. The Morgan fingerprint density at radius 3 is 2.93 bits per heavy atom. The summed E-state index contributed by atoms with van der Waals surface area (Å²) in [6, 6.07) is 0. The molecule has 0 saturated carbocycles. The molecule has 1 aromatic rings. The highest BCUT2D eigenvalue weighted by atomic mass is 31.0. The number of rotatable bonds is 5. The van der Waals surface area contributed by atoms with E-state index in [4.69, 9.17) is 5.73 Å². The normalized spacial score (nSPS) is 12.8. The number of aromatic nitrogens is 2. The molecule has 2 atom stereocenters. The minimum absolute atomic E-state index is 0.367. The lowest BCUT2D eigenvalue weighted by Crippen LogP contribution is -2.01. The van der Waals surface area contributed by atoms with Crippen molar-refractivity contribution < 1.29 is 0 Å². The molecule has 2 unspecified atom stereocenters. The third kappa shape index (κ3) is 2.66. The van der Waals surface area contributed by atoms with E-state index in [2.05, 4.69) is 25.8 Å². The largest absolute Gasteiger partial charge is 0.345 e. The lowest BCUT2D eigenvalue weighted by Gasteiger charge is -2.06. The molecule has 0 aliphatic carbocycles. The molecule has 4 heteroatoms. The van der Waals surface area contributed by atoms with Crippen molar-refractivity contribution in [1.82, 2.24) is 9.97 Å². The topological polar surface area (TPSA) is 54.7 Å². The smallest absolute Gasteiger partial charge is 0.113 e. The second kappa shape index (κ2) is 5.28. The van der Waals surface area contributed by atoms with E-state index in [9.17, 15) is 0 Å². The predicted octanol–water partition coefficient (Wildman–Crippen LogP) is 2.02. The maximum Gasteiger partial charge on any atom is 0.113 e. The van der Waals surface area contributed by atoms with Crippen LogP contribution in [-0.4, -0.2) is 16.5 Å². The van der Waals surface area contributed by atoms with Gasteiger partial charge in [0, 0.05) is 11.4 Å². The molecule has 0 fully saturated rings. The van der Waals surface area contributed by atoms with Crippen LogP contribution < -0.4 is 5.73 Å². The monoisotopic (exact) mass is 211 g/mol. The maximum atomic E-state index is 5.46. The third-order valence-corrected chi connectivity index (χ3v) is 2.85. The molecule has 14 heavy (non-hydrogen) atoms. The Labute approximate surface area is 87.4 Å². The Morgan fingerprint density at radius 1 is 1.71 bits per heavy atom. The second-order valence-corrected chi connectivity index (χ2v) is 4.18. The predicted molar refractivity (Wildman–Crippen MR) is 64.2 cm³/mol. The van der Waals surface area contributed by atoms with Gasteiger partial charge in [-0.3, -0.25) is 0 Å². The van der Waals surface area contributed by atoms with E-state index in [1.165, 1.54) is 0 Å². The first-order chi connectivity index (χ1) is 6.69. The van der Waals surface area contributed by atoms with Gasteiger partial charge in [0.15, 0.2) is 0 Å². The van der Waals surface area contributed by atoms with Crippen LogP contribution in [0, 0.1) is 6.92 Å². The van der Waals surface area contributed by atoms with Gasteiger partial charge >= 0.3 is 0 Å². The van der Waals surface area contributed by atoms with Gasteiger partial charge in [0.25, 0.3) is 0 Å². The Bertz CT molecular complexity index is 306. The highest BCUT2D eigenvalue weighted by Gasteiger charge is 2.10. The van der Waals surface area contributed by atoms with Gasteiger partial charge < -0.3 is 10.7 Å². The van der Waals surface area contributed by atoms with Gasteiger partial charge in [-0.15, -0.1) is 9.24 Å². The number of aromatic amines is 1. The minimum Gasteiger partial charge on any atom is -0.345 e. The zero-order valence-electron chi connectivity index (χ0n) is 8.59. The number of hydrogen-bond donors (Lipinski definition) is 2. The number of H-pyrrole nitrogens is 1. The van der Waals surface area contributed by atoms with Gasteiger partial charge in [0.2, 0.25) is 0 Å². The number of nitrogens with two attached hydrogens (primary N) is 1. The van der Waals surface area contributed by atoms with Crippen molar-refractivity contribution in [3.05, 3.63) is 23.8 Å². The standard InChI is InChI=1S/C10H18N3P/c1-3-8-7(2)12-10(13-8)9(14)5-4-6-11/h3,9H,1,4-6,11,14H2,2H3,(H,12,13). The van der Waals surface area contributed by atoms with Crippen LogP contribution in [0.1, 0.15) is 35.7 Å². The zero-order valence-corrected chi connectivity index (χ0v) is 9.74. The van der Waals surface area contributed by atoms with Crippen LogP contribution in [0.2, 0.25) is 0 Å². The molecule has 0 bridgehead atoms. The molecule has 1 heterocycles. The fraction of sp³-hybridized carbons (Fsp3) is 0.500. The molecule has 1 aromatic heterocycles. The van der Waals surface area contributed by atoms with Crippen LogP contribution in [0.25, 0.3) is 6.08 Å². The SMILES string of the molecule is C=Cc1nc(C(P)CCCN)[nH]c1C. The quantitative estimate of drug-likeness (QED) is 0.732. The molecular weight excluding hydrogens is 193 g/mol. The summed E-state index contributed by atoms with van der Waals surface area (Å²) >= 11 is 0.